The van der Waals surface area contributed by atoms with E-state index < -0.39 is 10.0 Å². The Bertz CT molecular complexity index is 729. The smallest absolute Gasteiger partial charge is 0.254 e. The number of carbonyl (C=O) groups excluding carboxylic acids is 1. The van der Waals surface area contributed by atoms with E-state index in [-0.39, 0.29) is 22.6 Å². The molecular weight excluding hydrogens is 352 g/mol. The van der Waals surface area contributed by atoms with E-state index in [0.717, 1.165) is 32.2 Å². The van der Waals surface area contributed by atoms with Gasteiger partial charge in [-0.3, -0.25) is 4.79 Å². The van der Waals surface area contributed by atoms with Gasteiger partial charge in [0.15, 0.2) is 0 Å². The molecule has 0 spiro atoms. The molecule has 0 unspecified atom stereocenters. The zero-order valence-corrected chi connectivity index (χ0v) is 17.0. The van der Waals surface area contributed by atoms with Gasteiger partial charge < -0.3 is 9.64 Å². The van der Waals surface area contributed by atoms with Crippen LogP contribution in [0.2, 0.25) is 0 Å². The largest absolute Gasteiger partial charge is 0.495 e. The molecule has 1 fully saturated rings. The van der Waals surface area contributed by atoms with Crippen molar-refractivity contribution < 1.29 is 17.9 Å². The molecule has 0 N–H and O–H groups in total. The van der Waals surface area contributed by atoms with Gasteiger partial charge in [0.05, 0.1) is 7.11 Å². The lowest BCUT2D eigenvalue weighted by Gasteiger charge is -2.35. The monoisotopic (exact) mass is 382 g/mol. The van der Waals surface area contributed by atoms with Crippen molar-refractivity contribution in [2.45, 2.75) is 57.4 Å². The number of sulfonamides is 1. The molecule has 2 rings (SSSR count). The Balaban J connectivity index is 2.45. The Hall–Kier alpha value is -1.60. The molecule has 1 aliphatic rings. The molecule has 146 valence electrons. The molecule has 1 heterocycles. The molecule has 0 radical (unpaired) electrons. The van der Waals surface area contributed by atoms with E-state index in [1.165, 1.54) is 17.5 Å². The maximum Gasteiger partial charge on any atom is 0.254 e. The molecule has 0 saturated carbocycles. The molecule has 1 amide bonds. The number of amides is 1. The van der Waals surface area contributed by atoms with Crippen LogP contribution in [0.4, 0.5) is 0 Å². The number of piperidine rings is 1. The van der Waals surface area contributed by atoms with Gasteiger partial charge in [-0.25, -0.2) is 8.42 Å². The minimum Gasteiger partial charge on any atom is -0.495 e. The average molecular weight is 383 g/mol. The Morgan fingerprint density at radius 1 is 1.23 bits per heavy atom. The number of likely N-dealkylation sites (tertiary alicyclic amines) is 1. The minimum absolute atomic E-state index is 0.0552. The molecule has 1 aliphatic heterocycles. The molecule has 1 aromatic carbocycles. The number of hydrogen-bond acceptors (Lipinski definition) is 4. The third-order valence-corrected chi connectivity index (χ3v) is 7.16. The lowest BCUT2D eigenvalue weighted by atomic mass is 9.99. The normalized spacial score (nSPS) is 18.2. The first kappa shape index (κ1) is 20.7. The van der Waals surface area contributed by atoms with Crippen molar-refractivity contribution in [2.24, 2.45) is 0 Å². The first-order valence-electron chi connectivity index (χ1n) is 9.39. The van der Waals surface area contributed by atoms with E-state index >= 15 is 0 Å². The second-order valence-electron chi connectivity index (χ2n) is 6.51. The number of carbonyl (C=O) groups is 1. The summed E-state index contributed by atoms with van der Waals surface area (Å²) in [5.41, 5.74) is 0.400. The summed E-state index contributed by atoms with van der Waals surface area (Å²) in [7, 11) is -2.27. The highest BCUT2D eigenvalue weighted by molar-refractivity contribution is 7.89. The number of methoxy groups -OCH3 is 1. The second kappa shape index (κ2) is 8.86. The molecule has 7 heteroatoms. The fraction of sp³-hybridized carbons (Fsp3) is 0.632. The van der Waals surface area contributed by atoms with Crippen LogP contribution in [0.1, 0.15) is 56.8 Å². The highest BCUT2D eigenvalue weighted by Gasteiger charge is 2.30. The Labute approximate surface area is 157 Å². The van der Waals surface area contributed by atoms with Gasteiger partial charge in [-0.05, 0) is 43.9 Å². The lowest BCUT2D eigenvalue weighted by molar-refractivity contribution is 0.0607. The number of nitrogens with zero attached hydrogens (tertiary/aromatic N) is 2. The van der Waals surface area contributed by atoms with E-state index in [2.05, 4.69) is 6.92 Å². The molecule has 0 bridgehead atoms. The number of benzene rings is 1. The van der Waals surface area contributed by atoms with Crippen molar-refractivity contribution in [2.75, 3.05) is 26.7 Å². The van der Waals surface area contributed by atoms with Gasteiger partial charge in [-0.1, -0.05) is 20.8 Å². The van der Waals surface area contributed by atoms with E-state index in [0.29, 0.717) is 18.7 Å². The first-order chi connectivity index (χ1) is 12.4. The first-order valence-corrected chi connectivity index (χ1v) is 10.8. The fourth-order valence-corrected chi connectivity index (χ4v) is 5.21. The van der Waals surface area contributed by atoms with Crippen molar-refractivity contribution >= 4 is 15.9 Å². The third kappa shape index (κ3) is 4.04. The Kier molecular flexibility index (Phi) is 7.06. The standard InChI is InChI=1S/C19H30N2O4S/c1-5-16-10-8-9-13-21(16)19(22)15-11-12-17(25-4)18(14-15)26(23,24)20(6-2)7-3/h11-12,14,16H,5-10,13H2,1-4H3/t16-/m1/s1. The summed E-state index contributed by atoms with van der Waals surface area (Å²) in [6.45, 7) is 7.13. The van der Waals surface area contributed by atoms with Crippen LogP contribution in [0.15, 0.2) is 23.1 Å². The van der Waals surface area contributed by atoms with E-state index in [4.69, 9.17) is 4.74 Å². The summed E-state index contributed by atoms with van der Waals surface area (Å²) in [6, 6.07) is 4.93. The second-order valence-corrected chi connectivity index (χ2v) is 8.42. The Morgan fingerprint density at radius 3 is 2.50 bits per heavy atom. The maximum absolute atomic E-state index is 13.0. The van der Waals surface area contributed by atoms with Crippen LogP contribution in [-0.2, 0) is 10.0 Å². The van der Waals surface area contributed by atoms with E-state index in [1.807, 2.05) is 4.90 Å². The molecule has 1 saturated heterocycles. The minimum atomic E-state index is -3.71. The summed E-state index contributed by atoms with van der Waals surface area (Å²) >= 11 is 0. The van der Waals surface area contributed by atoms with Gasteiger partial charge in [0.2, 0.25) is 10.0 Å². The van der Waals surface area contributed by atoms with Crippen molar-refractivity contribution in [3.05, 3.63) is 23.8 Å². The van der Waals surface area contributed by atoms with Crippen molar-refractivity contribution in [3.63, 3.8) is 0 Å². The van der Waals surface area contributed by atoms with Crippen LogP contribution in [0.5, 0.6) is 5.75 Å². The molecule has 26 heavy (non-hydrogen) atoms. The van der Waals surface area contributed by atoms with E-state index in [1.54, 1.807) is 26.0 Å². The topological polar surface area (TPSA) is 66.9 Å². The summed E-state index contributed by atoms with van der Waals surface area (Å²) in [4.78, 5) is 15.0. The molecule has 0 aliphatic carbocycles. The summed E-state index contributed by atoms with van der Waals surface area (Å²) in [6.07, 6.45) is 4.03. The number of hydrogen-bond donors (Lipinski definition) is 0. The van der Waals surface area contributed by atoms with Gasteiger partial charge in [-0.15, -0.1) is 0 Å². The molecule has 6 nitrogen and oxygen atoms in total. The van der Waals surface area contributed by atoms with Crippen LogP contribution in [0.3, 0.4) is 0 Å². The third-order valence-electron chi connectivity index (χ3n) is 5.09. The lowest BCUT2D eigenvalue weighted by Crippen LogP contribution is -2.43. The van der Waals surface area contributed by atoms with Gasteiger partial charge >= 0.3 is 0 Å². The van der Waals surface area contributed by atoms with Gasteiger partial charge in [0.1, 0.15) is 10.6 Å². The van der Waals surface area contributed by atoms with E-state index in [9.17, 15) is 13.2 Å². The molecule has 1 atom stereocenters. The fourth-order valence-electron chi connectivity index (χ4n) is 3.57. The summed E-state index contributed by atoms with van der Waals surface area (Å²) in [5, 5.41) is 0. The predicted octanol–water partition coefficient (Wildman–Crippen LogP) is 3.13. The van der Waals surface area contributed by atoms with Gasteiger partial charge in [0, 0.05) is 31.2 Å². The van der Waals surface area contributed by atoms with Crippen LogP contribution in [0, 0.1) is 0 Å². The summed E-state index contributed by atoms with van der Waals surface area (Å²) < 4.78 is 32.6. The highest BCUT2D eigenvalue weighted by Crippen LogP contribution is 2.29. The van der Waals surface area contributed by atoms with Gasteiger partial charge in [-0.2, -0.15) is 4.31 Å². The summed E-state index contributed by atoms with van der Waals surface area (Å²) in [5.74, 6) is 0.161. The van der Waals surface area contributed by atoms with Crippen molar-refractivity contribution in [1.29, 1.82) is 0 Å². The maximum atomic E-state index is 13.0. The van der Waals surface area contributed by atoms with Crippen LogP contribution < -0.4 is 4.74 Å². The van der Waals surface area contributed by atoms with Crippen LogP contribution >= 0.6 is 0 Å². The SMILES string of the molecule is CC[C@@H]1CCCCN1C(=O)c1ccc(OC)c(S(=O)(=O)N(CC)CC)c1. The zero-order chi connectivity index (χ0) is 19.3. The van der Waals surface area contributed by atoms with Crippen LogP contribution in [0.25, 0.3) is 0 Å². The molecular formula is C19H30N2O4S. The predicted molar refractivity (Wildman–Crippen MR) is 102 cm³/mol. The number of rotatable bonds is 7. The van der Waals surface area contributed by atoms with Crippen molar-refractivity contribution in [1.82, 2.24) is 9.21 Å². The number of ether oxygens (including phenoxy) is 1. The zero-order valence-electron chi connectivity index (χ0n) is 16.2. The molecule has 0 aromatic heterocycles. The molecule has 1 aromatic rings. The van der Waals surface area contributed by atoms with Crippen LogP contribution in [-0.4, -0.2) is 56.3 Å². The Morgan fingerprint density at radius 2 is 1.92 bits per heavy atom. The highest BCUT2D eigenvalue weighted by atomic mass is 32.2. The quantitative estimate of drug-likeness (QED) is 0.727. The average Bonchev–Trinajstić information content (AvgIpc) is 2.67. The van der Waals surface area contributed by atoms with Gasteiger partial charge in [0.25, 0.3) is 5.91 Å². The van der Waals surface area contributed by atoms with Crippen molar-refractivity contribution in [3.8, 4) is 5.75 Å².